The highest BCUT2D eigenvalue weighted by atomic mass is 16.3. The van der Waals surface area contributed by atoms with Gasteiger partial charge in [-0.1, -0.05) is 25.1 Å². The number of hydrogen-bond acceptors (Lipinski definition) is 2. The predicted molar refractivity (Wildman–Crippen MR) is 70.3 cm³/mol. The van der Waals surface area contributed by atoms with Crippen LogP contribution in [0.15, 0.2) is 34.9 Å². The van der Waals surface area contributed by atoms with Crippen molar-refractivity contribution in [1.82, 2.24) is 4.90 Å². The van der Waals surface area contributed by atoms with E-state index in [1.807, 2.05) is 12.3 Å². The molecular weight excluding hydrogens is 210 g/mol. The van der Waals surface area contributed by atoms with Crippen LogP contribution in [0.5, 0.6) is 0 Å². The maximum Gasteiger partial charge on any atom is 0.134 e. The fourth-order valence-electron chi connectivity index (χ4n) is 2.87. The van der Waals surface area contributed by atoms with E-state index in [4.69, 9.17) is 4.42 Å². The summed E-state index contributed by atoms with van der Waals surface area (Å²) >= 11 is 0. The zero-order valence-electron chi connectivity index (χ0n) is 10.4. The summed E-state index contributed by atoms with van der Waals surface area (Å²) in [7, 11) is 0. The van der Waals surface area contributed by atoms with Crippen LogP contribution < -0.4 is 0 Å². The number of piperidine rings is 1. The van der Waals surface area contributed by atoms with E-state index in [1.54, 1.807) is 0 Å². The molecule has 0 saturated carbocycles. The monoisotopic (exact) mass is 229 g/mol. The summed E-state index contributed by atoms with van der Waals surface area (Å²) in [4.78, 5) is 2.53. The van der Waals surface area contributed by atoms with Crippen LogP contribution in [0.3, 0.4) is 0 Å². The maximum absolute atomic E-state index is 5.64. The van der Waals surface area contributed by atoms with Gasteiger partial charge in [-0.25, -0.2) is 0 Å². The van der Waals surface area contributed by atoms with Crippen molar-refractivity contribution in [3.8, 4) is 0 Å². The van der Waals surface area contributed by atoms with Gasteiger partial charge in [0.15, 0.2) is 0 Å². The summed E-state index contributed by atoms with van der Waals surface area (Å²) in [6.45, 7) is 5.87. The number of hydrogen-bond donors (Lipinski definition) is 0. The minimum atomic E-state index is 0.682. The quantitative estimate of drug-likeness (QED) is 0.781. The van der Waals surface area contributed by atoms with Crippen molar-refractivity contribution in [1.29, 1.82) is 0 Å². The SMILES string of the molecule is CCN1CCC(c2coc3ccccc23)CC1. The highest BCUT2D eigenvalue weighted by molar-refractivity contribution is 5.81. The highest BCUT2D eigenvalue weighted by Gasteiger charge is 2.22. The van der Waals surface area contributed by atoms with E-state index in [-0.39, 0.29) is 0 Å². The number of rotatable bonds is 2. The van der Waals surface area contributed by atoms with Crippen LogP contribution in [0.4, 0.5) is 0 Å². The lowest BCUT2D eigenvalue weighted by Gasteiger charge is -2.30. The molecule has 2 heterocycles. The zero-order valence-corrected chi connectivity index (χ0v) is 10.4. The summed E-state index contributed by atoms with van der Waals surface area (Å²) in [5.41, 5.74) is 2.44. The van der Waals surface area contributed by atoms with Gasteiger partial charge in [-0.2, -0.15) is 0 Å². The first-order valence-corrected chi connectivity index (χ1v) is 6.57. The molecule has 1 fully saturated rings. The van der Waals surface area contributed by atoms with E-state index in [2.05, 4.69) is 30.0 Å². The normalized spacial score (nSPS) is 18.9. The number of likely N-dealkylation sites (tertiary alicyclic amines) is 1. The molecule has 0 amide bonds. The van der Waals surface area contributed by atoms with Gasteiger partial charge in [-0.3, -0.25) is 0 Å². The first-order valence-electron chi connectivity index (χ1n) is 6.57. The van der Waals surface area contributed by atoms with Gasteiger partial charge in [0, 0.05) is 10.9 Å². The van der Waals surface area contributed by atoms with Gasteiger partial charge in [-0.05, 0) is 44.5 Å². The number of furan rings is 1. The molecule has 0 N–H and O–H groups in total. The third-order valence-corrected chi connectivity index (χ3v) is 3.99. The molecule has 2 heteroatoms. The molecule has 1 aromatic heterocycles. The van der Waals surface area contributed by atoms with Gasteiger partial charge >= 0.3 is 0 Å². The molecule has 1 aliphatic rings. The summed E-state index contributed by atoms with van der Waals surface area (Å²) in [6.07, 6.45) is 4.49. The molecule has 3 rings (SSSR count). The minimum absolute atomic E-state index is 0.682. The summed E-state index contributed by atoms with van der Waals surface area (Å²) in [5, 5.41) is 1.31. The Morgan fingerprint density at radius 1 is 1.24 bits per heavy atom. The summed E-state index contributed by atoms with van der Waals surface area (Å²) < 4.78 is 5.64. The van der Waals surface area contributed by atoms with Gasteiger partial charge in [0.05, 0.1) is 6.26 Å². The Morgan fingerprint density at radius 2 is 2.00 bits per heavy atom. The first-order chi connectivity index (χ1) is 8.38. The molecule has 90 valence electrons. The molecule has 0 unspecified atom stereocenters. The third-order valence-electron chi connectivity index (χ3n) is 3.99. The van der Waals surface area contributed by atoms with Gasteiger partial charge in [0.25, 0.3) is 0 Å². The number of para-hydroxylation sites is 1. The van der Waals surface area contributed by atoms with Crippen LogP contribution in [0.2, 0.25) is 0 Å². The van der Waals surface area contributed by atoms with Crippen molar-refractivity contribution in [3.05, 3.63) is 36.1 Å². The van der Waals surface area contributed by atoms with Crippen LogP contribution in [0.1, 0.15) is 31.2 Å². The molecule has 0 atom stereocenters. The standard InChI is InChI=1S/C15H19NO/c1-2-16-9-7-12(8-10-16)14-11-17-15-6-4-3-5-13(14)15/h3-6,11-12H,2,7-10H2,1H3. The first kappa shape index (κ1) is 10.8. The van der Waals surface area contributed by atoms with Crippen molar-refractivity contribution in [2.24, 2.45) is 0 Å². The molecule has 1 saturated heterocycles. The summed E-state index contributed by atoms with van der Waals surface area (Å²) in [5.74, 6) is 0.682. The van der Waals surface area contributed by atoms with Crippen molar-refractivity contribution < 1.29 is 4.42 Å². The van der Waals surface area contributed by atoms with Crippen molar-refractivity contribution >= 4 is 11.0 Å². The minimum Gasteiger partial charge on any atom is -0.464 e. The second kappa shape index (κ2) is 4.53. The van der Waals surface area contributed by atoms with Gasteiger partial charge < -0.3 is 9.32 Å². The van der Waals surface area contributed by atoms with Crippen molar-refractivity contribution in [2.45, 2.75) is 25.7 Å². The Bertz CT molecular complexity index is 494. The molecule has 17 heavy (non-hydrogen) atoms. The average molecular weight is 229 g/mol. The van der Waals surface area contributed by atoms with E-state index in [0.29, 0.717) is 5.92 Å². The van der Waals surface area contributed by atoms with E-state index in [9.17, 15) is 0 Å². The van der Waals surface area contributed by atoms with Gasteiger partial charge in [0.1, 0.15) is 5.58 Å². The van der Waals surface area contributed by atoms with Crippen LogP contribution in [0, 0.1) is 0 Å². The maximum atomic E-state index is 5.64. The van der Waals surface area contributed by atoms with Crippen molar-refractivity contribution in [2.75, 3.05) is 19.6 Å². The molecule has 0 aliphatic carbocycles. The molecular formula is C15H19NO. The van der Waals surface area contributed by atoms with E-state index in [0.717, 1.165) is 5.58 Å². The molecule has 2 aromatic rings. The lowest BCUT2D eigenvalue weighted by atomic mass is 9.89. The number of fused-ring (bicyclic) bond motifs is 1. The van der Waals surface area contributed by atoms with Crippen molar-refractivity contribution in [3.63, 3.8) is 0 Å². The smallest absolute Gasteiger partial charge is 0.134 e. The molecule has 0 spiro atoms. The number of nitrogens with zero attached hydrogens (tertiary/aromatic N) is 1. The van der Waals surface area contributed by atoms with E-state index >= 15 is 0 Å². The number of benzene rings is 1. The molecule has 1 aliphatic heterocycles. The van der Waals surface area contributed by atoms with Gasteiger partial charge in [0.2, 0.25) is 0 Å². The third kappa shape index (κ3) is 1.98. The second-order valence-electron chi connectivity index (χ2n) is 4.90. The zero-order chi connectivity index (χ0) is 11.7. The van der Waals surface area contributed by atoms with Crippen LogP contribution in [-0.4, -0.2) is 24.5 Å². The molecule has 1 aromatic carbocycles. The van der Waals surface area contributed by atoms with Gasteiger partial charge in [-0.15, -0.1) is 0 Å². The van der Waals surface area contributed by atoms with Crippen LogP contribution in [0.25, 0.3) is 11.0 Å². The Hall–Kier alpha value is -1.28. The Balaban J connectivity index is 1.85. The lowest BCUT2D eigenvalue weighted by molar-refractivity contribution is 0.222. The fraction of sp³-hybridized carbons (Fsp3) is 0.467. The largest absolute Gasteiger partial charge is 0.464 e. The molecule has 0 radical (unpaired) electrons. The fourth-order valence-corrected chi connectivity index (χ4v) is 2.87. The topological polar surface area (TPSA) is 16.4 Å². The highest BCUT2D eigenvalue weighted by Crippen LogP contribution is 2.34. The van der Waals surface area contributed by atoms with Crippen LogP contribution >= 0.6 is 0 Å². The molecule has 0 bridgehead atoms. The van der Waals surface area contributed by atoms with Crippen LogP contribution in [-0.2, 0) is 0 Å². The second-order valence-corrected chi connectivity index (χ2v) is 4.90. The summed E-state index contributed by atoms with van der Waals surface area (Å²) in [6, 6.07) is 8.37. The molecule has 2 nitrogen and oxygen atoms in total. The Kier molecular flexibility index (Phi) is 2.89. The Morgan fingerprint density at radius 3 is 2.76 bits per heavy atom. The van der Waals surface area contributed by atoms with E-state index < -0.39 is 0 Å². The van der Waals surface area contributed by atoms with E-state index in [1.165, 1.54) is 43.4 Å². The lowest BCUT2D eigenvalue weighted by Crippen LogP contribution is -2.32. The Labute approximate surface area is 102 Å². The predicted octanol–water partition coefficient (Wildman–Crippen LogP) is 3.63. The average Bonchev–Trinajstić information content (AvgIpc) is 2.83.